The summed E-state index contributed by atoms with van der Waals surface area (Å²) < 4.78 is 2.06. The molecule has 1 saturated heterocycles. The van der Waals surface area contributed by atoms with Crippen LogP contribution in [0.3, 0.4) is 0 Å². The molecular weight excluding hydrogens is 322 g/mol. The summed E-state index contributed by atoms with van der Waals surface area (Å²) in [5, 5.41) is 9.42. The molecule has 128 valence electrons. The third kappa shape index (κ3) is 3.56. The predicted octanol–water partition coefficient (Wildman–Crippen LogP) is 2.21. The number of benzene rings is 1. The van der Waals surface area contributed by atoms with Gasteiger partial charge in [-0.3, -0.25) is 4.79 Å². The lowest BCUT2D eigenvalue weighted by atomic mass is 9.93. The van der Waals surface area contributed by atoms with Gasteiger partial charge in [-0.05, 0) is 43.2 Å². The summed E-state index contributed by atoms with van der Waals surface area (Å²) in [6.45, 7) is 1.57. The number of likely N-dealkylation sites (tertiary alicyclic amines) is 1. The summed E-state index contributed by atoms with van der Waals surface area (Å²) >= 11 is 1.61. The molecule has 3 rings (SSSR count). The Kier molecular flexibility index (Phi) is 5.08. The quantitative estimate of drug-likeness (QED) is 0.679. The summed E-state index contributed by atoms with van der Waals surface area (Å²) in [4.78, 5) is 14.5. The average Bonchev–Trinajstić information content (AvgIpc) is 2.95. The third-order valence-corrected chi connectivity index (χ3v) is 5.33. The number of nitrogens with two attached hydrogens (primary N) is 1. The predicted molar refractivity (Wildman–Crippen MR) is 96.0 cm³/mol. The lowest BCUT2D eigenvalue weighted by Gasteiger charge is -2.32. The molecule has 6 nitrogen and oxygen atoms in total. The number of rotatable bonds is 4. The zero-order valence-corrected chi connectivity index (χ0v) is 14.9. The van der Waals surface area contributed by atoms with E-state index in [1.54, 1.807) is 23.9 Å². The fourth-order valence-corrected chi connectivity index (χ4v) is 3.65. The zero-order valence-electron chi connectivity index (χ0n) is 14.1. The maximum atomic E-state index is 12.6. The highest BCUT2D eigenvalue weighted by Gasteiger charge is 2.25. The highest BCUT2D eigenvalue weighted by atomic mass is 32.2. The Morgan fingerprint density at radius 1 is 1.33 bits per heavy atom. The molecule has 0 saturated carbocycles. The first-order valence-electron chi connectivity index (χ1n) is 8.15. The van der Waals surface area contributed by atoms with E-state index in [0.29, 0.717) is 17.2 Å². The minimum absolute atomic E-state index is 0.0732. The van der Waals surface area contributed by atoms with Crippen molar-refractivity contribution in [2.24, 2.45) is 13.0 Å². The Hall–Kier alpha value is -2.02. The van der Waals surface area contributed by atoms with E-state index < -0.39 is 0 Å². The van der Waals surface area contributed by atoms with Gasteiger partial charge >= 0.3 is 0 Å². The molecule has 1 amide bonds. The maximum Gasteiger partial charge on any atom is 0.253 e. The number of hydrogen-bond donors (Lipinski definition) is 1. The van der Waals surface area contributed by atoms with Crippen LogP contribution in [-0.2, 0) is 13.5 Å². The number of carbonyl (C=O) groups is 1. The molecule has 0 aliphatic carbocycles. The second-order valence-electron chi connectivity index (χ2n) is 6.23. The van der Waals surface area contributed by atoms with Crippen molar-refractivity contribution < 1.29 is 4.79 Å². The number of aromatic nitrogens is 3. The Morgan fingerprint density at radius 3 is 2.71 bits per heavy atom. The molecule has 1 aliphatic heterocycles. The van der Waals surface area contributed by atoms with Gasteiger partial charge in [0, 0.05) is 37.8 Å². The van der Waals surface area contributed by atoms with E-state index in [4.69, 9.17) is 5.73 Å². The Labute approximate surface area is 146 Å². The summed E-state index contributed by atoms with van der Waals surface area (Å²) in [6.07, 6.45) is 4.92. The molecule has 1 aromatic carbocycles. The van der Waals surface area contributed by atoms with Crippen LogP contribution in [0.25, 0.3) is 0 Å². The number of amides is 1. The van der Waals surface area contributed by atoms with Gasteiger partial charge in [-0.25, -0.2) is 0 Å². The first-order chi connectivity index (χ1) is 11.6. The summed E-state index contributed by atoms with van der Waals surface area (Å²) in [7, 11) is 2.01. The standard InChI is InChI=1S/C17H23N5OS/c1-21-15(19-20-17(21)24-2)10-12-6-8-22(9-7-12)16(23)13-4-3-5-14(18)11-13/h3-5,11-12H,6-10,18H2,1-2H3. The van der Waals surface area contributed by atoms with Gasteiger partial charge < -0.3 is 15.2 Å². The molecule has 1 aliphatic rings. The maximum absolute atomic E-state index is 12.6. The van der Waals surface area contributed by atoms with Crippen LogP contribution in [0, 0.1) is 5.92 Å². The minimum atomic E-state index is 0.0732. The number of piperidine rings is 1. The van der Waals surface area contributed by atoms with Crippen molar-refractivity contribution in [3.05, 3.63) is 35.7 Å². The van der Waals surface area contributed by atoms with Gasteiger partial charge in [-0.2, -0.15) is 0 Å². The number of thioether (sulfide) groups is 1. The van der Waals surface area contributed by atoms with E-state index >= 15 is 0 Å². The van der Waals surface area contributed by atoms with Crippen molar-refractivity contribution in [3.63, 3.8) is 0 Å². The van der Waals surface area contributed by atoms with Crippen LogP contribution in [0.15, 0.2) is 29.4 Å². The second-order valence-corrected chi connectivity index (χ2v) is 7.00. The fourth-order valence-electron chi connectivity index (χ4n) is 3.15. The first-order valence-corrected chi connectivity index (χ1v) is 9.38. The van der Waals surface area contributed by atoms with Gasteiger partial charge in [-0.15, -0.1) is 10.2 Å². The van der Waals surface area contributed by atoms with Gasteiger partial charge in [0.1, 0.15) is 5.82 Å². The second kappa shape index (κ2) is 7.25. The van der Waals surface area contributed by atoms with Crippen LogP contribution in [0.4, 0.5) is 5.69 Å². The highest BCUT2D eigenvalue weighted by molar-refractivity contribution is 7.98. The molecule has 7 heteroatoms. The highest BCUT2D eigenvalue weighted by Crippen LogP contribution is 2.23. The number of nitrogens with zero attached hydrogens (tertiary/aromatic N) is 4. The van der Waals surface area contributed by atoms with Crippen LogP contribution in [0.5, 0.6) is 0 Å². The number of anilines is 1. The number of carbonyl (C=O) groups excluding carboxylic acids is 1. The van der Waals surface area contributed by atoms with Crippen LogP contribution in [0.2, 0.25) is 0 Å². The molecule has 0 unspecified atom stereocenters. The van der Waals surface area contributed by atoms with E-state index in [1.807, 2.05) is 30.3 Å². The van der Waals surface area contributed by atoms with Crippen LogP contribution in [-0.4, -0.2) is 44.9 Å². The van der Waals surface area contributed by atoms with Gasteiger partial charge in [-0.1, -0.05) is 17.8 Å². The smallest absolute Gasteiger partial charge is 0.253 e. The van der Waals surface area contributed by atoms with E-state index in [2.05, 4.69) is 14.8 Å². The van der Waals surface area contributed by atoms with E-state index in [1.165, 1.54) is 0 Å². The van der Waals surface area contributed by atoms with Crippen molar-refractivity contribution in [1.29, 1.82) is 0 Å². The van der Waals surface area contributed by atoms with E-state index in [-0.39, 0.29) is 5.91 Å². The van der Waals surface area contributed by atoms with E-state index in [0.717, 1.165) is 43.3 Å². The van der Waals surface area contributed by atoms with Gasteiger partial charge in [0.25, 0.3) is 5.91 Å². The van der Waals surface area contributed by atoms with Crippen molar-refractivity contribution in [3.8, 4) is 0 Å². The zero-order chi connectivity index (χ0) is 17.1. The molecule has 0 radical (unpaired) electrons. The molecular formula is C17H23N5OS. The largest absolute Gasteiger partial charge is 0.399 e. The third-order valence-electron chi connectivity index (χ3n) is 4.61. The fraction of sp³-hybridized carbons (Fsp3) is 0.471. The van der Waals surface area contributed by atoms with Crippen molar-refractivity contribution in [1.82, 2.24) is 19.7 Å². The summed E-state index contributed by atoms with van der Waals surface area (Å²) in [5.41, 5.74) is 7.07. The SMILES string of the molecule is CSc1nnc(CC2CCN(C(=O)c3cccc(N)c3)CC2)n1C. The topological polar surface area (TPSA) is 77.0 Å². The first kappa shape index (κ1) is 16.8. The summed E-state index contributed by atoms with van der Waals surface area (Å²) in [6, 6.07) is 7.20. The van der Waals surface area contributed by atoms with Crippen molar-refractivity contribution in [2.45, 2.75) is 24.4 Å². The lowest BCUT2D eigenvalue weighted by molar-refractivity contribution is 0.0689. The van der Waals surface area contributed by atoms with Gasteiger partial charge in [0.15, 0.2) is 5.16 Å². The molecule has 2 aromatic rings. The molecule has 1 fully saturated rings. The van der Waals surface area contributed by atoms with Gasteiger partial charge in [0.05, 0.1) is 0 Å². The molecule has 2 N–H and O–H groups in total. The van der Waals surface area contributed by atoms with Crippen LogP contribution < -0.4 is 5.73 Å². The van der Waals surface area contributed by atoms with Crippen LogP contribution in [0.1, 0.15) is 29.0 Å². The van der Waals surface area contributed by atoms with E-state index in [9.17, 15) is 4.79 Å². The van der Waals surface area contributed by atoms with Crippen molar-refractivity contribution in [2.75, 3.05) is 25.1 Å². The van der Waals surface area contributed by atoms with Gasteiger partial charge in [0.2, 0.25) is 0 Å². The average molecular weight is 345 g/mol. The Bertz CT molecular complexity index is 722. The van der Waals surface area contributed by atoms with Crippen molar-refractivity contribution >= 4 is 23.4 Å². The number of hydrogen-bond acceptors (Lipinski definition) is 5. The molecule has 1 aromatic heterocycles. The molecule has 0 spiro atoms. The monoisotopic (exact) mass is 345 g/mol. The summed E-state index contributed by atoms with van der Waals surface area (Å²) in [5.74, 6) is 1.65. The normalized spacial score (nSPS) is 15.7. The minimum Gasteiger partial charge on any atom is -0.399 e. The Morgan fingerprint density at radius 2 is 2.08 bits per heavy atom. The number of nitrogen functional groups attached to an aromatic ring is 1. The molecule has 0 atom stereocenters. The Balaban J connectivity index is 1.57. The molecule has 2 heterocycles. The molecule has 0 bridgehead atoms. The molecule has 24 heavy (non-hydrogen) atoms. The van der Waals surface area contributed by atoms with Crippen LogP contribution >= 0.6 is 11.8 Å². The lowest BCUT2D eigenvalue weighted by Crippen LogP contribution is -2.39.